The van der Waals surface area contributed by atoms with E-state index in [2.05, 4.69) is 18.2 Å². The van der Waals surface area contributed by atoms with Gasteiger partial charge in [-0.05, 0) is 13.3 Å². The van der Waals surface area contributed by atoms with Crippen molar-refractivity contribution < 1.29 is 28.9 Å². The number of carbonyl (C=O) groups excluding carboxylic acids is 1. The van der Waals surface area contributed by atoms with E-state index in [0.717, 1.165) is 31.8 Å². The molecule has 0 aliphatic rings. The van der Waals surface area contributed by atoms with Crippen molar-refractivity contribution in [3.63, 3.8) is 0 Å². The first-order chi connectivity index (χ1) is 9.45. The lowest BCUT2D eigenvalue weighted by molar-refractivity contribution is -0.140. The van der Waals surface area contributed by atoms with Gasteiger partial charge in [0.05, 0.1) is 26.1 Å². The molecule has 0 bridgehead atoms. The summed E-state index contributed by atoms with van der Waals surface area (Å²) in [7, 11) is 1.39. The first-order valence-electron chi connectivity index (χ1n) is 6.28. The van der Waals surface area contributed by atoms with E-state index in [4.69, 9.17) is 14.6 Å². The van der Waals surface area contributed by atoms with Crippen LogP contribution in [0, 0.1) is 0 Å². The van der Waals surface area contributed by atoms with E-state index in [1.165, 1.54) is 7.11 Å². The standard InChI is InChI=1S/C10H18O3.C4H6O3/c1-4-5-6-12-7-8-13-10(11)9(2)3;1-7-3-2-4(5)6/h2,4-8H2,1,3H3;2-3H,1H3,(H,5,6). The molecule has 0 aliphatic heterocycles. The van der Waals surface area contributed by atoms with Crippen LogP contribution in [0.1, 0.15) is 26.7 Å². The number of carbonyl (C=O) groups is 2. The Kier molecular flexibility index (Phi) is 15.6. The van der Waals surface area contributed by atoms with Gasteiger partial charge in [0.1, 0.15) is 6.61 Å². The quantitative estimate of drug-likeness (QED) is 0.303. The van der Waals surface area contributed by atoms with Gasteiger partial charge in [-0.3, -0.25) is 0 Å². The third-order valence-corrected chi connectivity index (χ3v) is 1.80. The number of ether oxygens (including phenoxy) is 3. The maximum atomic E-state index is 10.9. The van der Waals surface area contributed by atoms with Crippen molar-refractivity contribution in [2.75, 3.05) is 26.9 Å². The van der Waals surface area contributed by atoms with E-state index < -0.39 is 5.97 Å². The molecule has 0 unspecified atom stereocenters. The number of methoxy groups -OCH3 is 1. The van der Waals surface area contributed by atoms with Crippen molar-refractivity contribution in [3.8, 4) is 0 Å². The fraction of sp³-hybridized carbons (Fsp3) is 0.571. The molecule has 0 aliphatic carbocycles. The fourth-order valence-electron chi connectivity index (χ4n) is 0.791. The Morgan fingerprint density at radius 3 is 2.30 bits per heavy atom. The van der Waals surface area contributed by atoms with Crippen LogP contribution in [0.3, 0.4) is 0 Å². The van der Waals surface area contributed by atoms with Crippen molar-refractivity contribution in [2.24, 2.45) is 0 Å². The zero-order chi connectivity index (χ0) is 15.8. The second-order valence-electron chi connectivity index (χ2n) is 3.76. The molecule has 0 radical (unpaired) electrons. The van der Waals surface area contributed by atoms with Gasteiger partial charge in [0, 0.05) is 12.2 Å². The van der Waals surface area contributed by atoms with Crippen molar-refractivity contribution in [3.05, 3.63) is 24.5 Å². The van der Waals surface area contributed by atoms with Crippen LogP contribution in [0.25, 0.3) is 0 Å². The van der Waals surface area contributed by atoms with Gasteiger partial charge in [0.15, 0.2) is 0 Å². The molecule has 0 aromatic rings. The number of rotatable bonds is 9. The van der Waals surface area contributed by atoms with Gasteiger partial charge in [0.2, 0.25) is 0 Å². The molecule has 0 saturated carbocycles. The summed E-state index contributed by atoms with van der Waals surface area (Å²) in [4.78, 5) is 20.4. The Labute approximate surface area is 120 Å². The van der Waals surface area contributed by atoms with E-state index in [1.807, 2.05) is 0 Å². The highest BCUT2D eigenvalue weighted by Crippen LogP contribution is 1.92. The number of hydrogen-bond donors (Lipinski definition) is 1. The van der Waals surface area contributed by atoms with Gasteiger partial charge in [-0.1, -0.05) is 19.9 Å². The summed E-state index contributed by atoms with van der Waals surface area (Å²) in [6, 6.07) is 0. The first kappa shape index (κ1) is 20.5. The molecule has 6 nitrogen and oxygen atoms in total. The summed E-state index contributed by atoms with van der Waals surface area (Å²) in [5.41, 5.74) is 0.425. The number of hydrogen-bond acceptors (Lipinski definition) is 5. The SMILES string of the molecule is C=C(C)C(=O)OCCOCCCC.COC=CC(=O)O. The molecule has 0 fully saturated rings. The zero-order valence-corrected chi connectivity index (χ0v) is 12.4. The molecule has 20 heavy (non-hydrogen) atoms. The van der Waals surface area contributed by atoms with E-state index in [1.54, 1.807) is 6.92 Å². The van der Waals surface area contributed by atoms with Gasteiger partial charge in [-0.15, -0.1) is 0 Å². The van der Waals surface area contributed by atoms with Crippen molar-refractivity contribution in [2.45, 2.75) is 26.7 Å². The average Bonchev–Trinajstić information content (AvgIpc) is 2.40. The van der Waals surface area contributed by atoms with Crippen LogP contribution in [0.4, 0.5) is 0 Å². The molecule has 0 amide bonds. The molecular formula is C14H24O6. The van der Waals surface area contributed by atoms with Crippen LogP contribution in [0.15, 0.2) is 24.5 Å². The van der Waals surface area contributed by atoms with Gasteiger partial charge in [0.25, 0.3) is 0 Å². The third-order valence-electron chi connectivity index (χ3n) is 1.80. The summed E-state index contributed by atoms with van der Waals surface area (Å²) in [5.74, 6) is -1.35. The first-order valence-corrected chi connectivity index (χ1v) is 6.28. The smallest absolute Gasteiger partial charge is 0.333 e. The van der Waals surface area contributed by atoms with Crippen molar-refractivity contribution >= 4 is 11.9 Å². The molecule has 0 heterocycles. The molecule has 0 atom stereocenters. The van der Waals surface area contributed by atoms with Crippen LogP contribution in [0.5, 0.6) is 0 Å². The monoisotopic (exact) mass is 288 g/mol. The molecule has 0 rings (SSSR count). The van der Waals surface area contributed by atoms with E-state index in [9.17, 15) is 9.59 Å². The van der Waals surface area contributed by atoms with Crippen LogP contribution < -0.4 is 0 Å². The molecule has 0 saturated heterocycles. The molecule has 0 aromatic carbocycles. The summed E-state index contributed by atoms with van der Waals surface area (Å²) < 4.78 is 14.3. The summed E-state index contributed by atoms with van der Waals surface area (Å²) >= 11 is 0. The highest BCUT2D eigenvalue weighted by molar-refractivity contribution is 5.86. The number of esters is 1. The lowest BCUT2D eigenvalue weighted by atomic mass is 10.4. The maximum absolute atomic E-state index is 10.9. The predicted octanol–water partition coefficient (Wildman–Crippen LogP) is 2.15. The molecule has 0 spiro atoms. The maximum Gasteiger partial charge on any atom is 0.333 e. The lowest BCUT2D eigenvalue weighted by Gasteiger charge is -2.04. The third kappa shape index (κ3) is 18.5. The topological polar surface area (TPSA) is 82.1 Å². The minimum atomic E-state index is -0.998. The lowest BCUT2D eigenvalue weighted by Crippen LogP contribution is -2.11. The fourth-order valence-corrected chi connectivity index (χ4v) is 0.791. The van der Waals surface area contributed by atoms with Crippen LogP contribution in [0.2, 0.25) is 0 Å². The Morgan fingerprint density at radius 2 is 1.90 bits per heavy atom. The summed E-state index contributed by atoms with van der Waals surface area (Å²) in [5, 5.41) is 7.88. The van der Waals surface area contributed by atoms with Gasteiger partial charge < -0.3 is 19.3 Å². The Bertz CT molecular complexity index is 309. The highest BCUT2D eigenvalue weighted by Gasteiger charge is 2.01. The summed E-state index contributed by atoms with van der Waals surface area (Å²) in [6.45, 7) is 8.72. The molecule has 0 aromatic heterocycles. The van der Waals surface area contributed by atoms with Crippen molar-refractivity contribution in [1.82, 2.24) is 0 Å². The van der Waals surface area contributed by atoms with Crippen LogP contribution >= 0.6 is 0 Å². The Hall–Kier alpha value is -1.82. The number of carboxylic acid groups (broad SMARTS) is 1. The summed E-state index contributed by atoms with van der Waals surface area (Å²) in [6.07, 6.45) is 4.18. The van der Waals surface area contributed by atoms with Gasteiger partial charge in [-0.25, -0.2) is 9.59 Å². The molecule has 6 heteroatoms. The van der Waals surface area contributed by atoms with Gasteiger partial charge in [-0.2, -0.15) is 0 Å². The van der Waals surface area contributed by atoms with Crippen LogP contribution in [-0.2, 0) is 23.8 Å². The minimum Gasteiger partial charge on any atom is -0.504 e. The molecule has 1 N–H and O–H groups in total. The predicted molar refractivity (Wildman–Crippen MR) is 75.3 cm³/mol. The molecular weight excluding hydrogens is 264 g/mol. The number of aliphatic carboxylic acids is 1. The second-order valence-corrected chi connectivity index (χ2v) is 3.76. The van der Waals surface area contributed by atoms with Gasteiger partial charge >= 0.3 is 11.9 Å². The largest absolute Gasteiger partial charge is 0.504 e. The van der Waals surface area contributed by atoms with E-state index >= 15 is 0 Å². The number of carboxylic acids is 1. The normalized spacial score (nSPS) is 9.55. The highest BCUT2D eigenvalue weighted by atomic mass is 16.6. The zero-order valence-electron chi connectivity index (χ0n) is 12.4. The minimum absolute atomic E-state index is 0.315. The number of unbranched alkanes of at least 4 members (excludes halogenated alkanes) is 1. The van der Waals surface area contributed by atoms with E-state index in [-0.39, 0.29) is 5.97 Å². The Balaban J connectivity index is 0. The molecule has 116 valence electrons. The average molecular weight is 288 g/mol. The Morgan fingerprint density at radius 1 is 1.25 bits per heavy atom. The van der Waals surface area contributed by atoms with Crippen LogP contribution in [-0.4, -0.2) is 44.0 Å². The second kappa shape index (κ2) is 15.2. The van der Waals surface area contributed by atoms with Crippen molar-refractivity contribution in [1.29, 1.82) is 0 Å². The van der Waals surface area contributed by atoms with E-state index in [0.29, 0.717) is 18.8 Å².